The summed E-state index contributed by atoms with van der Waals surface area (Å²) in [5, 5.41) is 7.29. The third kappa shape index (κ3) is 3.46. The SMILES string of the molecule is Cc1ccn(-c2ccc(NC(=O)c3cccc(N(C)C)c3)cc2)n1. The number of aryl methyl sites for hydroxylation is 1. The Morgan fingerprint density at radius 2 is 1.83 bits per heavy atom. The third-order valence-electron chi connectivity index (χ3n) is 3.74. The van der Waals surface area contributed by atoms with Crippen LogP contribution in [0.5, 0.6) is 0 Å². The Bertz CT molecular complexity index is 850. The third-order valence-corrected chi connectivity index (χ3v) is 3.74. The van der Waals surface area contributed by atoms with Gasteiger partial charge in [-0.15, -0.1) is 0 Å². The first kappa shape index (κ1) is 15.8. The number of aromatic nitrogens is 2. The number of nitrogens with one attached hydrogen (secondary N) is 1. The summed E-state index contributed by atoms with van der Waals surface area (Å²) in [6, 6.07) is 17.1. The van der Waals surface area contributed by atoms with Crippen molar-refractivity contribution in [2.75, 3.05) is 24.3 Å². The smallest absolute Gasteiger partial charge is 0.255 e. The van der Waals surface area contributed by atoms with Crippen LogP contribution in [0.4, 0.5) is 11.4 Å². The van der Waals surface area contributed by atoms with Crippen molar-refractivity contribution in [3.05, 3.63) is 72.1 Å². The Morgan fingerprint density at radius 3 is 2.46 bits per heavy atom. The molecule has 0 bridgehead atoms. The Hall–Kier alpha value is -3.08. The highest BCUT2D eigenvalue weighted by Crippen LogP contribution is 2.17. The molecule has 5 heteroatoms. The molecule has 0 aliphatic rings. The largest absolute Gasteiger partial charge is 0.378 e. The molecule has 3 aromatic rings. The van der Waals surface area contributed by atoms with E-state index in [-0.39, 0.29) is 5.91 Å². The van der Waals surface area contributed by atoms with Gasteiger partial charge in [0.05, 0.1) is 11.4 Å². The van der Waals surface area contributed by atoms with E-state index in [4.69, 9.17) is 0 Å². The summed E-state index contributed by atoms with van der Waals surface area (Å²) in [6.45, 7) is 1.95. The molecule has 0 aliphatic heterocycles. The molecule has 0 atom stereocenters. The Labute approximate surface area is 141 Å². The van der Waals surface area contributed by atoms with E-state index >= 15 is 0 Å². The number of carbonyl (C=O) groups is 1. The maximum absolute atomic E-state index is 12.4. The van der Waals surface area contributed by atoms with Gasteiger partial charge in [0.25, 0.3) is 5.91 Å². The standard InChI is InChI=1S/C19H20N4O/c1-14-11-12-23(21-14)17-9-7-16(8-10-17)20-19(24)15-5-4-6-18(13-15)22(2)3/h4-13H,1-3H3,(H,20,24). The summed E-state index contributed by atoms with van der Waals surface area (Å²) < 4.78 is 1.81. The predicted octanol–water partition coefficient (Wildman–Crippen LogP) is 3.50. The zero-order valence-corrected chi connectivity index (χ0v) is 14.0. The van der Waals surface area contributed by atoms with Crippen LogP contribution in [0.3, 0.4) is 0 Å². The minimum Gasteiger partial charge on any atom is -0.378 e. The quantitative estimate of drug-likeness (QED) is 0.800. The molecule has 1 amide bonds. The lowest BCUT2D eigenvalue weighted by Gasteiger charge is -2.13. The van der Waals surface area contributed by atoms with Crippen LogP contribution < -0.4 is 10.2 Å². The van der Waals surface area contributed by atoms with E-state index in [2.05, 4.69) is 10.4 Å². The van der Waals surface area contributed by atoms with Crippen molar-refractivity contribution in [2.45, 2.75) is 6.92 Å². The molecule has 0 unspecified atom stereocenters. The molecule has 0 aliphatic carbocycles. The van der Waals surface area contributed by atoms with Crippen LogP contribution in [-0.4, -0.2) is 29.8 Å². The van der Waals surface area contributed by atoms with Crippen LogP contribution >= 0.6 is 0 Å². The lowest BCUT2D eigenvalue weighted by molar-refractivity contribution is 0.102. The lowest BCUT2D eigenvalue weighted by atomic mass is 10.1. The summed E-state index contributed by atoms with van der Waals surface area (Å²) in [4.78, 5) is 14.4. The number of rotatable bonds is 4. The van der Waals surface area contributed by atoms with E-state index in [1.807, 2.05) is 91.4 Å². The van der Waals surface area contributed by atoms with E-state index in [9.17, 15) is 4.79 Å². The number of amides is 1. The fourth-order valence-corrected chi connectivity index (χ4v) is 2.38. The molecule has 0 saturated carbocycles. The monoisotopic (exact) mass is 320 g/mol. The normalized spacial score (nSPS) is 10.5. The Balaban J connectivity index is 1.74. The molecule has 2 aromatic carbocycles. The average Bonchev–Trinajstić information content (AvgIpc) is 3.02. The molecule has 1 aromatic heterocycles. The first-order valence-electron chi connectivity index (χ1n) is 7.74. The predicted molar refractivity (Wildman–Crippen MR) is 97.0 cm³/mol. The summed E-state index contributed by atoms with van der Waals surface area (Å²) in [5.74, 6) is -0.124. The molecule has 3 rings (SSSR count). The highest BCUT2D eigenvalue weighted by molar-refractivity contribution is 6.04. The molecule has 1 heterocycles. The van der Waals surface area contributed by atoms with Crippen molar-refractivity contribution < 1.29 is 4.79 Å². The van der Waals surface area contributed by atoms with Crippen molar-refractivity contribution in [2.24, 2.45) is 0 Å². The van der Waals surface area contributed by atoms with Gasteiger partial charge in [-0.05, 0) is 55.5 Å². The van der Waals surface area contributed by atoms with Crippen molar-refractivity contribution >= 4 is 17.3 Å². The molecule has 24 heavy (non-hydrogen) atoms. The Morgan fingerprint density at radius 1 is 1.08 bits per heavy atom. The van der Waals surface area contributed by atoms with E-state index < -0.39 is 0 Å². The zero-order valence-electron chi connectivity index (χ0n) is 14.0. The molecular weight excluding hydrogens is 300 g/mol. The van der Waals surface area contributed by atoms with Gasteiger partial charge in [-0.3, -0.25) is 4.79 Å². The number of benzene rings is 2. The van der Waals surface area contributed by atoms with Crippen molar-refractivity contribution in [1.29, 1.82) is 0 Å². The summed E-state index contributed by atoms with van der Waals surface area (Å²) >= 11 is 0. The second-order valence-electron chi connectivity index (χ2n) is 5.85. The minimum atomic E-state index is -0.124. The second kappa shape index (κ2) is 6.58. The molecule has 122 valence electrons. The summed E-state index contributed by atoms with van der Waals surface area (Å²) in [6.07, 6.45) is 1.91. The topological polar surface area (TPSA) is 50.2 Å². The minimum absolute atomic E-state index is 0.124. The maximum Gasteiger partial charge on any atom is 0.255 e. The van der Waals surface area contributed by atoms with Crippen LogP contribution in [0, 0.1) is 6.92 Å². The van der Waals surface area contributed by atoms with Crippen LogP contribution in [0.25, 0.3) is 5.69 Å². The Kier molecular flexibility index (Phi) is 4.33. The fraction of sp³-hybridized carbons (Fsp3) is 0.158. The van der Waals surface area contributed by atoms with Crippen molar-refractivity contribution in [1.82, 2.24) is 9.78 Å². The van der Waals surface area contributed by atoms with Crippen LogP contribution in [-0.2, 0) is 0 Å². The number of anilines is 2. The summed E-state index contributed by atoms with van der Waals surface area (Å²) in [5.41, 5.74) is 4.30. The first-order valence-corrected chi connectivity index (χ1v) is 7.74. The van der Waals surface area contributed by atoms with E-state index in [0.717, 1.165) is 22.8 Å². The van der Waals surface area contributed by atoms with Gasteiger partial charge in [-0.1, -0.05) is 6.07 Å². The van der Waals surface area contributed by atoms with Gasteiger partial charge in [0.1, 0.15) is 0 Å². The molecule has 0 saturated heterocycles. The lowest BCUT2D eigenvalue weighted by Crippen LogP contribution is -2.14. The van der Waals surface area contributed by atoms with Gasteiger partial charge in [0, 0.05) is 37.2 Å². The second-order valence-corrected chi connectivity index (χ2v) is 5.85. The maximum atomic E-state index is 12.4. The van der Waals surface area contributed by atoms with Gasteiger partial charge >= 0.3 is 0 Å². The zero-order chi connectivity index (χ0) is 17.1. The van der Waals surface area contributed by atoms with E-state index in [1.165, 1.54) is 0 Å². The molecule has 5 nitrogen and oxygen atoms in total. The van der Waals surface area contributed by atoms with Gasteiger partial charge in [0.2, 0.25) is 0 Å². The molecular formula is C19H20N4O. The van der Waals surface area contributed by atoms with Gasteiger partial charge < -0.3 is 10.2 Å². The first-order chi connectivity index (χ1) is 11.5. The van der Waals surface area contributed by atoms with E-state index in [0.29, 0.717) is 5.56 Å². The average molecular weight is 320 g/mol. The molecule has 1 N–H and O–H groups in total. The number of carbonyl (C=O) groups excluding carboxylic acids is 1. The van der Waals surface area contributed by atoms with Gasteiger partial charge in [0.15, 0.2) is 0 Å². The number of hydrogen-bond donors (Lipinski definition) is 1. The molecule has 0 radical (unpaired) electrons. The highest BCUT2D eigenvalue weighted by atomic mass is 16.1. The number of nitrogens with zero attached hydrogens (tertiary/aromatic N) is 3. The van der Waals surface area contributed by atoms with E-state index in [1.54, 1.807) is 0 Å². The van der Waals surface area contributed by atoms with Gasteiger partial charge in [-0.2, -0.15) is 5.10 Å². The molecule has 0 spiro atoms. The van der Waals surface area contributed by atoms with Crippen LogP contribution in [0.2, 0.25) is 0 Å². The van der Waals surface area contributed by atoms with Crippen molar-refractivity contribution in [3.8, 4) is 5.69 Å². The number of hydrogen-bond acceptors (Lipinski definition) is 3. The van der Waals surface area contributed by atoms with Gasteiger partial charge in [-0.25, -0.2) is 4.68 Å². The fourth-order valence-electron chi connectivity index (χ4n) is 2.38. The van der Waals surface area contributed by atoms with Crippen LogP contribution in [0.1, 0.15) is 16.1 Å². The van der Waals surface area contributed by atoms with Crippen molar-refractivity contribution in [3.63, 3.8) is 0 Å². The summed E-state index contributed by atoms with van der Waals surface area (Å²) in [7, 11) is 3.90. The molecule has 0 fully saturated rings. The van der Waals surface area contributed by atoms with Crippen LogP contribution in [0.15, 0.2) is 60.8 Å². The highest BCUT2D eigenvalue weighted by Gasteiger charge is 2.08.